The summed E-state index contributed by atoms with van der Waals surface area (Å²) in [7, 11) is -4.06. The number of nitrogens with zero attached hydrogens (tertiary/aromatic N) is 1. The van der Waals surface area contributed by atoms with Crippen LogP contribution in [0.3, 0.4) is 0 Å². The van der Waals surface area contributed by atoms with Gasteiger partial charge in [-0.05, 0) is 89.3 Å². The fraction of sp³-hybridized carbons (Fsp3) is 0.519. The summed E-state index contributed by atoms with van der Waals surface area (Å²) in [5.41, 5.74) is -0.279. The van der Waals surface area contributed by atoms with E-state index in [1.165, 1.54) is 6.07 Å². The van der Waals surface area contributed by atoms with E-state index in [4.69, 9.17) is 0 Å². The first-order valence-electron chi connectivity index (χ1n) is 12.2. The summed E-state index contributed by atoms with van der Waals surface area (Å²) in [6, 6.07) is 10.6. The first-order valence-corrected chi connectivity index (χ1v) is 13.7. The van der Waals surface area contributed by atoms with Gasteiger partial charge in [0, 0.05) is 24.2 Å². The highest BCUT2D eigenvalue weighted by atomic mass is 32.2. The predicted molar refractivity (Wildman–Crippen MR) is 136 cm³/mol. The molecule has 0 aliphatic carbocycles. The number of sulfone groups is 1. The summed E-state index contributed by atoms with van der Waals surface area (Å²) in [6.07, 6.45) is -4.65. The van der Waals surface area contributed by atoms with E-state index in [2.05, 4.69) is 5.32 Å². The van der Waals surface area contributed by atoms with Gasteiger partial charge < -0.3 is 10.4 Å². The fourth-order valence-electron chi connectivity index (χ4n) is 4.63. The highest BCUT2D eigenvalue weighted by molar-refractivity contribution is 7.92. The molecule has 0 saturated carbocycles. The predicted octanol–water partition coefficient (Wildman–Crippen LogP) is 5.19. The van der Waals surface area contributed by atoms with E-state index < -0.39 is 32.6 Å². The summed E-state index contributed by atoms with van der Waals surface area (Å²) in [5.74, 6) is -0.516. The van der Waals surface area contributed by atoms with E-state index in [9.17, 15) is 31.5 Å². The van der Waals surface area contributed by atoms with E-state index in [1.54, 1.807) is 38.1 Å². The van der Waals surface area contributed by atoms with Gasteiger partial charge in [0.05, 0.1) is 15.2 Å². The van der Waals surface area contributed by atoms with Crippen LogP contribution in [0.2, 0.25) is 0 Å². The lowest BCUT2D eigenvalue weighted by Gasteiger charge is -2.41. The number of carbonyl (C=O) groups is 1. The molecule has 1 aliphatic rings. The number of carbonyl (C=O) groups excluding carboxylic acids is 1. The Kier molecular flexibility index (Phi) is 8.17. The summed E-state index contributed by atoms with van der Waals surface area (Å²) in [4.78, 5) is 13.8. The average Bonchev–Trinajstić information content (AvgIpc) is 2.82. The molecule has 1 heterocycles. The van der Waals surface area contributed by atoms with Crippen molar-refractivity contribution in [1.82, 2.24) is 10.2 Å². The second-order valence-corrected chi connectivity index (χ2v) is 13.7. The van der Waals surface area contributed by atoms with Crippen LogP contribution < -0.4 is 5.32 Å². The van der Waals surface area contributed by atoms with Crippen LogP contribution in [-0.4, -0.2) is 47.7 Å². The third-order valence-corrected chi connectivity index (χ3v) is 9.58. The number of rotatable bonds is 6. The molecule has 0 bridgehead atoms. The molecule has 37 heavy (non-hydrogen) atoms. The van der Waals surface area contributed by atoms with Gasteiger partial charge in [0.25, 0.3) is 5.91 Å². The minimum Gasteiger partial charge on any atom is -0.374 e. The van der Waals surface area contributed by atoms with Crippen molar-refractivity contribution in [1.29, 1.82) is 0 Å². The molecule has 2 aromatic carbocycles. The fourth-order valence-corrected chi connectivity index (χ4v) is 6.45. The van der Waals surface area contributed by atoms with Crippen LogP contribution in [0, 0.1) is 5.92 Å². The molecule has 6 nitrogen and oxygen atoms in total. The van der Waals surface area contributed by atoms with Crippen molar-refractivity contribution >= 4 is 15.7 Å². The Hall–Kier alpha value is -2.43. The number of alkyl halides is 3. The van der Waals surface area contributed by atoms with Gasteiger partial charge in [-0.2, -0.15) is 13.2 Å². The number of piperidine rings is 1. The lowest BCUT2D eigenvalue weighted by atomic mass is 9.85. The molecule has 1 atom stereocenters. The van der Waals surface area contributed by atoms with Gasteiger partial charge >= 0.3 is 6.18 Å². The number of hydrogen-bond acceptors (Lipinski definition) is 5. The molecule has 1 amide bonds. The van der Waals surface area contributed by atoms with Crippen LogP contribution in [0.15, 0.2) is 53.4 Å². The standard InChI is InChI=1S/C27H35F3N2O4S/c1-25(2,3)31-23(33)18-9-11-19(12-10-18)24(34)32-15-13-20(14-16-32)26(4,5)37(35,36)22-8-6-7-21(17-22)27(28,29)30/h6-12,17,20,24,34H,13-16H2,1-5H3,(H,31,33). The van der Waals surface area contributed by atoms with Crippen molar-refractivity contribution in [3.63, 3.8) is 0 Å². The lowest BCUT2D eigenvalue weighted by molar-refractivity contribution is -0.137. The minimum atomic E-state index is -4.63. The lowest BCUT2D eigenvalue weighted by Crippen LogP contribution is -2.47. The minimum absolute atomic E-state index is 0.210. The molecular weight excluding hydrogens is 505 g/mol. The van der Waals surface area contributed by atoms with Crippen molar-refractivity contribution in [2.45, 2.75) is 75.0 Å². The number of halogens is 3. The van der Waals surface area contributed by atoms with Crippen molar-refractivity contribution in [3.05, 3.63) is 65.2 Å². The molecule has 0 spiro atoms. The SMILES string of the molecule is CC(C)(C)NC(=O)c1ccc(C(O)N2CCC(C(C)(C)S(=O)(=O)c3cccc(C(F)(F)F)c3)CC2)cc1. The largest absolute Gasteiger partial charge is 0.416 e. The first kappa shape index (κ1) is 29.1. The average molecular weight is 541 g/mol. The zero-order valence-corrected chi connectivity index (χ0v) is 22.6. The molecule has 3 rings (SSSR count). The Balaban J connectivity index is 1.68. The van der Waals surface area contributed by atoms with E-state index in [0.29, 0.717) is 43.1 Å². The van der Waals surface area contributed by atoms with Crippen LogP contribution >= 0.6 is 0 Å². The van der Waals surface area contributed by atoms with E-state index in [0.717, 1.165) is 12.1 Å². The van der Waals surface area contributed by atoms with Crippen LogP contribution in [0.5, 0.6) is 0 Å². The summed E-state index contributed by atoms with van der Waals surface area (Å²) in [5, 5.41) is 13.8. The second kappa shape index (κ2) is 10.4. The summed E-state index contributed by atoms with van der Waals surface area (Å²) in [6.45, 7) is 9.61. The summed E-state index contributed by atoms with van der Waals surface area (Å²) < 4.78 is 64.9. The number of aliphatic hydroxyl groups is 1. The Morgan fingerprint density at radius 3 is 2.08 bits per heavy atom. The molecular formula is C27H35F3N2O4S. The molecule has 2 N–H and O–H groups in total. The second-order valence-electron chi connectivity index (χ2n) is 11.1. The molecule has 204 valence electrons. The van der Waals surface area contributed by atoms with E-state index >= 15 is 0 Å². The topological polar surface area (TPSA) is 86.7 Å². The van der Waals surface area contributed by atoms with Gasteiger partial charge in [0.2, 0.25) is 0 Å². The molecule has 10 heteroatoms. The van der Waals surface area contributed by atoms with Gasteiger partial charge in [-0.25, -0.2) is 8.42 Å². The molecule has 1 saturated heterocycles. The van der Waals surface area contributed by atoms with Gasteiger partial charge in [-0.3, -0.25) is 9.69 Å². The maximum absolute atomic E-state index is 13.4. The zero-order valence-electron chi connectivity index (χ0n) is 21.8. The highest BCUT2D eigenvalue weighted by Crippen LogP contribution is 2.40. The third kappa shape index (κ3) is 6.53. The van der Waals surface area contributed by atoms with Gasteiger partial charge in [0.15, 0.2) is 9.84 Å². The van der Waals surface area contributed by atoms with E-state index in [-0.39, 0.29) is 22.3 Å². The maximum atomic E-state index is 13.4. The number of hydrogen-bond donors (Lipinski definition) is 2. The Bertz CT molecular complexity index is 1210. The smallest absolute Gasteiger partial charge is 0.374 e. The molecule has 1 unspecified atom stereocenters. The molecule has 2 aromatic rings. The number of likely N-dealkylation sites (tertiary alicyclic amines) is 1. The highest BCUT2D eigenvalue weighted by Gasteiger charge is 2.45. The number of nitrogens with one attached hydrogen (secondary N) is 1. The normalized spacial score (nSPS) is 17.4. The van der Waals surface area contributed by atoms with Crippen molar-refractivity contribution in [2.24, 2.45) is 5.92 Å². The molecule has 1 fully saturated rings. The Labute approximate surface area is 216 Å². The van der Waals surface area contributed by atoms with Crippen LogP contribution in [-0.2, 0) is 16.0 Å². The van der Waals surface area contributed by atoms with Gasteiger partial charge in [0.1, 0.15) is 6.23 Å². The zero-order chi connectivity index (χ0) is 27.8. The van der Waals surface area contributed by atoms with E-state index in [1.807, 2.05) is 25.7 Å². The quantitative estimate of drug-likeness (QED) is 0.527. The van der Waals surface area contributed by atoms with Crippen LogP contribution in [0.1, 0.15) is 75.2 Å². The van der Waals surface area contributed by atoms with Gasteiger partial charge in [-0.15, -0.1) is 0 Å². The van der Waals surface area contributed by atoms with Crippen molar-refractivity contribution in [2.75, 3.05) is 13.1 Å². The van der Waals surface area contributed by atoms with Crippen LogP contribution in [0.25, 0.3) is 0 Å². The molecule has 1 aliphatic heterocycles. The third-order valence-electron chi connectivity index (χ3n) is 6.98. The number of benzene rings is 2. The monoisotopic (exact) mass is 540 g/mol. The molecule has 0 radical (unpaired) electrons. The van der Waals surface area contributed by atoms with Crippen LogP contribution in [0.4, 0.5) is 13.2 Å². The van der Waals surface area contributed by atoms with Gasteiger partial charge in [-0.1, -0.05) is 18.2 Å². The summed E-state index contributed by atoms with van der Waals surface area (Å²) >= 11 is 0. The molecule has 0 aromatic heterocycles. The maximum Gasteiger partial charge on any atom is 0.416 e. The number of amides is 1. The van der Waals surface area contributed by atoms with Crippen molar-refractivity contribution < 1.29 is 31.5 Å². The Morgan fingerprint density at radius 2 is 1.57 bits per heavy atom. The Morgan fingerprint density at radius 1 is 1.00 bits per heavy atom. The van der Waals surface area contributed by atoms with Crippen molar-refractivity contribution in [3.8, 4) is 0 Å². The first-order chi connectivity index (χ1) is 16.9. The number of aliphatic hydroxyl groups excluding tert-OH is 1.